The van der Waals surface area contributed by atoms with E-state index in [0.29, 0.717) is 18.7 Å². The Morgan fingerprint density at radius 1 is 0.933 bits per heavy atom. The molecule has 1 aromatic carbocycles. The molecule has 30 heavy (non-hydrogen) atoms. The number of alkyl halides is 6. The van der Waals surface area contributed by atoms with Gasteiger partial charge < -0.3 is 10.0 Å². The van der Waals surface area contributed by atoms with Crippen LogP contribution in [-0.2, 0) is 5.60 Å². The number of urea groups is 1. The molecule has 0 spiro atoms. The van der Waals surface area contributed by atoms with Crippen LogP contribution in [0, 0.1) is 0 Å². The lowest BCUT2D eigenvalue weighted by Gasteiger charge is -2.37. The molecule has 1 fully saturated rings. The number of hydrogen-bond acceptors (Lipinski definition) is 2. The van der Waals surface area contributed by atoms with E-state index in [1.165, 1.54) is 4.90 Å². The van der Waals surface area contributed by atoms with Crippen LogP contribution in [0.3, 0.4) is 0 Å². The molecular formula is C20H26F6N2O2. The van der Waals surface area contributed by atoms with Gasteiger partial charge in [-0.05, 0) is 38.8 Å². The Kier molecular flexibility index (Phi) is 7.32. The van der Waals surface area contributed by atoms with Crippen molar-refractivity contribution in [2.45, 2.75) is 69.9 Å². The van der Waals surface area contributed by atoms with E-state index >= 15 is 0 Å². The minimum absolute atomic E-state index is 0.0603. The van der Waals surface area contributed by atoms with E-state index in [-0.39, 0.29) is 24.3 Å². The van der Waals surface area contributed by atoms with Gasteiger partial charge in [0, 0.05) is 30.4 Å². The summed E-state index contributed by atoms with van der Waals surface area (Å²) in [6, 6.07) is 2.82. The molecule has 0 aromatic heterocycles. The second kappa shape index (κ2) is 9.03. The maximum Gasteiger partial charge on any atom is 0.430 e. The van der Waals surface area contributed by atoms with Gasteiger partial charge in [-0.2, -0.15) is 26.3 Å². The van der Waals surface area contributed by atoms with Crippen LogP contribution in [0.4, 0.5) is 36.8 Å². The Hall–Kier alpha value is -1.97. The molecule has 1 aromatic rings. The zero-order valence-corrected chi connectivity index (χ0v) is 16.9. The molecule has 0 bridgehead atoms. The van der Waals surface area contributed by atoms with Crippen molar-refractivity contribution in [2.75, 3.05) is 18.0 Å². The SMILES string of the molecule is CCN(C(=O)N(CC)C1CCCCC1)c1ccc(C(O)(C(F)(F)F)C(F)(F)F)cc1. The monoisotopic (exact) mass is 440 g/mol. The summed E-state index contributed by atoms with van der Waals surface area (Å²) in [6.45, 7) is 4.13. The molecule has 0 saturated heterocycles. The average molecular weight is 440 g/mol. The van der Waals surface area contributed by atoms with E-state index < -0.39 is 23.5 Å². The zero-order valence-electron chi connectivity index (χ0n) is 16.9. The van der Waals surface area contributed by atoms with Gasteiger partial charge in [0.1, 0.15) is 0 Å². The summed E-state index contributed by atoms with van der Waals surface area (Å²) < 4.78 is 78.3. The number of benzene rings is 1. The van der Waals surface area contributed by atoms with Crippen molar-refractivity contribution >= 4 is 11.7 Å². The predicted molar refractivity (Wildman–Crippen MR) is 100 cm³/mol. The van der Waals surface area contributed by atoms with Gasteiger partial charge in [-0.3, -0.25) is 4.90 Å². The fourth-order valence-electron chi connectivity index (χ4n) is 3.90. The van der Waals surface area contributed by atoms with Gasteiger partial charge in [-0.15, -0.1) is 0 Å². The fourth-order valence-corrected chi connectivity index (χ4v) is 3.90. The highest BCUT2D eigenvalue weighted by molar-refractivity contribution is 5.92. The lowest BCUT2D eigenvalue weighted by molar-refractivity contribution is -0.376. The van der Waals surface area contributed by atoms with Gasteiger partial charge in [0.25, 0.3) is 5.60 Å². The van der Waals surface area contributed by atoms with Gasteiger partial charge in [0.15, 0.2) is 0 Å². The molecular weight excluding hydrogens is 414 g/mol. The van der Waals surface area contributed by atoms with Gasteiger partial charge in [-0.1, -0.05) is 31.4 Å². The highest BCUT2D eigenvalue weighted by Gasteiger charge is 2.71. The summed E-state index contributed by atoms with van der Waals surface area (Å²) in [7, 11) is 0. The number of carbonyl (C=O) groups excluding carboxylic acids is 1. The van der Waals surface area contributed by atoms with E-state index in [4.69, 9.17) is 0 Å². The molecule has 2 rings (SSSR count). The van der Waals surface area contributed by atoms with E-state index in [2.05, 4.69) is 0 Å². The summed E-state index contributed by atoms with van der Waals surface area (Å²) >= 11 is 0. The first-order chi connectivity index (χ1) is 13.9. The second-order valence-electron chi connectivity index (χ2n) is 7.36. The smallest absolute Gasteiger partial charge is 0.369 e. The van der Waals surface area contributed by atoms with Crippen LogP contribution in [0.25, 0.3) is 0 Å². The Bertz CT molecular complexity index is 697. The predicted octanol–water partition coefficient (Wildman–Crippen LogP) is 5.60. The molecule has 1 saturated carbocycles. The van der Waals surface area contributed by atoms with Crippen molar-refractivity contribution in [1.82, 2.24) is 4.90 Å². The molecule has 1 N–H and O–H groups in total. The first-order valence-corrected chi connectivity index (χ1v) is 9.93. The van der Waals surface area contributed by atoms with E-state index in [1.807, 2.05) is 6.92 Å². The Labute approximate surface area is 171 Å². The number of amides is 2. The highest BCUT2D eigenvalue weighted by Crippen LogP contribution is 2.50. The molecule has 0 unspecified atom stereocenters. The normalized spacial score (nSPS) is 16.4. The Morgan fingerprint density at radius 2 is 1.43 bits per heavy atom. The summed E-state index contributed by atoms with van der Waals surface area (Å²) in [5.41, 5.74) is -6.18. The molecule has 4 nitrogen and oxygen atoms in total. The largest absolute Gasteiger partial charge is 0.430 e. The van der Waals surface area contributed by atoms with E-state index in [9.17, 15) is 36.2 Å². The van der Waals surface area contributed by atoms with Crippen LogP contribution in [0.15, 0.2) is 24.3 Å². The molecule has 1 aliphatic rings. The number of nitrogens with zero attached hydrogens (tertiary/aromatic N) is 2. The Morgan fingerprint density at radius 3 is 1.83 bits per heavy atom. The Balaban J connectivity index is 2.33. The molecule has 10 heteroatoms. The molecule has 0 aliphatic heterocycles. The molecule has 170 valence electrons. The third-order valence-corrected chi connectivity index (χ3v) is 5.57. The lowest BCUT2D eigenvalue weighted by atomic mass is 9.92. The quantitative estimate of drug-likeness (QED) is 0.606. The van der Waals surface area contributed by atoms with Crippen molar-refractivity contribution in [1.29, 1.82) is 0 Å². The lowest BCUT2D eigenvalue weighted by Crippen LogP contribution is -2.54. The summed E-state index contributed by atoms with van der Waals surface area (Å²) in [5.74, 6) is 0. The minimum atomic E-state index is -5.95. The molecule has 1 aliphatic carbocycles. The van der Waals surface area contributed by atoms with Crippen molar-refractivity contribution in [2.24, 2.45) is 0 Å². The van der Waals surface area contributed by atoms with Crippen LogP contribution in [0.2, 0.25) is 0 Å². The van der Waals surface area contributed by atoms with Crippen molar-refractivity contribution in [3.8, 4) is 0 Å². The van der Waals surface area contributed by atoms with Gasteiger partial charge in [0.2, 0.25) is 0 Å². The number of hydrogen-bond donors (Lipinski definition) is 1. The number of carbonyl (C=O) groups is 1. The third kappa shape index (κ3) is 4.53. The highest BCUT2D eigenvalue weighted by atomic mass is 19.4. The van der Waals surface area contributed by atoms with Crippen LogP contribution in [0.5, 0.6) is 0 Å². The third-order valence-electron chi connectivity index (χ3n) is 5.57. The van der Waals surface area contributed by atoms with Crippen LogP contribution >= 0.6 is 0 Å². The van der Waals surface area contributed by atoms with Crippen LogP contribution < -0.4 is 4.90 Å². The number of rotatable bonds is 5. The van der Waals surface area contributed by atoms with Crippen molar-refractivity contribution in [3.63, 3.8) is 0 Å². The number of anilines is 1. The van der Waals surface area contributed by atoms with Crippen molar-refractivity contribution < 1.29 is 36.2 Å². The maximum absolute atomic E-state index is 13.1. The van der Waals surface area contributed by atoms with E-state index in [0.717, 1.165) is 44.2 Å². The molecule has 0 radical (unpaired) electrons. The molecule has 0 heterocycles. The number of halogens is 6. The summed E-state index contributed by atoms with van der Waals surface area (Å²) in [6.07, 6.45) is -7.07. The average Bonchev–Trinajstić information content (AvgIpc) is 2.68. The van der Waals surface area contributed by atoms with E-state index in [1.54, 1.807) is 11.8 Å². The summed E-state index contributed by atoms with van der Waals surface area (Å²) in [4.78, 5) is 16.0. The second-order valence-corrected chi connectivity index (χ2v) is 7.36. The maximum atomic E-state index is 13.1. The van der Waals surface area contributed by atoms with Crippen LogP contribution in [-0.4, -0.2) is 47.5 Å². The minimum Gasteiger partial charge on any atom is -0.369 e. The zero-order chi connectivity index (χ0) is 22.7. The van der Waals surface area contributed by atoms with Gasteiger partial charge in [0.05, 0.1) is 0 Å². The topological polar surface area (TPSA) is 43.8 Å². The number of aliphatic hydroxyl groups is 1. The first kappa shape index (κ1) is 24.3. The van der Waals surface area contributed by atoms with Crippen LogP contribution in [0.1, 0.15) is 51.5 Å². The first-order valence-electron chi connectivity index (χ1n) is 9.93. The summed E-state index contributed by atoms with van der Waals surface area (Å²) in [5, 5.41) is 9.51. The van der Waals surface area contributed by atoms with Crippen molar-refractivity contribution in [3.05, 3.63) is 29.8 Å². The van der Waals surface area contributed by atoms with Gasteiger partial charge in [-0.25, -0.2) is 4.79 Å². The fraction of sp³-hybridized carbons (Fsp3) is 0.650. The molecule has 2 amide bonds. The standard InChI is InChI=1S/C20H26F6N2O2/c1-3-27(15-8-6-5-7-9-15)17(29)28(4-2)16-12-10-14(11-13-16)18(30,19(21,22)23)20(24,25)26/h10-13,15,30H,3-9H2,1-2H3. The molecule has 0 atom stereocenters. The van der Waals surface area contributed by atoms with Gasteiger partial charge >= 0.3 is 18.4 Å².